The Kier molecular flexibility index (Phi) is 2.53. The first-order valence-corrected chi connectivity index (χ1v) is 6.63. The largest absolute Gasteiger partial charge is 0.322 e. The van der Waals surface area contributed by atoms with E-state index in [9.17, 15) is 0 Å². The lowest BCUT2D eigenvalue weighted by atomic mass is 10.1. The maximum absolute atomic E-state index is 5.68. The van der Waals surface area contributed by atoms with Crippen LogP contribution >= 0.6 is 11.3 Å². The first-order chi connectivity index (χ1) is 7.90. The lowest BCUT2D eigenvalue weighted by molar-refractivity contribution is 0.709. The van der Waals surface area contributed by atoms with Crippen LogP contribution in [-0.2, 0) is 12.8 Å². The maximum Gasteiger partial charge on any atom is 0.0834 e. The van der Waals surface area contributed by atoms with Crippen LogP contribution in [0.3, 0.4) is 0 Å². The van der Waals surface area contributed by atoms with E-state index in [4.69, 9.17) is 10.8 Å². The molecule has 0 saturated heterocycles. The second kappa shape index (κ2) is 4.03. The molecule has 4 heteroatoms. The van der Waals surface area contributed by atoms with E-state index in [2.05, 4.69) is 16.9 Å². The molecule has 0 aromatic carbocycles. The summed E-state index contributed by atoms with van der Waals surface area (Å²) in [4.78, 5) is 4.76. The van der Waals surface area contributed by atoms with Crippen molar-refractivity contribution in [1.82, 2.24) is 4.98 Å². The minimum atomic E-state index is 1.08. The molecule has 2 heterocycles. The van der Waals surface area contributed by atoms with Gasteiger partial charge in [-0.3, -0.25) is 10.8 Å². The summed E-state index contributed by atoms with van der Waals surface area (Å²) in [5.41, 5.74) is 7.66. The number of nitrogens with one attached hydrogen (secondary N) is 1. The van der Waals surface area contributed by atoms with Crippen LogP contribution in [0.4, 0.5) is 5.69 Å². The molecule has 1 aliphatic rings. The van der Waals surface area contributed by atoms with E-state index >= 15 is 0 Å². The molecule has 0 aliphatic heterocycles. The van der Waals surface area contributed by atoms with Crippen LogP contribution in [0.1, 0.15) is 30.5 Å². The van der Waals surface area contributed by atoms with Crippen LogP contribution in [0.5, 0.6) is 0 Å². The normalized spacial score (nSPS) is 15.8. The third-order valence-corrected chi connectivity index (χ3v) is 4.18. The number of hydrazine groups is 1. The Morgan fingerprint density at radius 1 is 1.25 bits per heavy atom. The molecule has 1 aliphatic carbocycles. The highest BCUT2D eigenvalue weighted by molar-refractivity contribution is 7.17. The van der Waals surface area contributed by atoms with Gasteiger partial charge in [0.05, 0.1) is 15.9 Å². The molecule has 0 saturated carbocycles. The molecule has 0 fully saturated rings. The zero-order chi connectivity index (χ0) is 11.0. The summed E-state index contributed by atoms with van der Waals surface area (Å²) in [6.07, 6.45) is 6.00. The van der Waals surface area contributed by atoms with Gasteiger partial charge in [0, 0.05) is 5.69 Å². The number of nitrogens with two attached hydrogens (primary N) is 1. The zero-order valence-corrected chi connectivity index (χ0v) is 9.94. The summed E-state index contributed by atoms with van der Waals surface area (Å²) < 4.78 is 1.20. The molecule has 0 spiro atoms. The standard InChI is InChI=1S/C12H15N3S/c13-15-11-8-4-2-1-3-5-9(8)14-10-6-7-16-12(10)11/h6-7H,1-5,13H2,(H,14,15). The van der Waals surface area contributed by atoms with E-state index in [0.29, 0.717) is 0 Å². The molecule has 0 amide bonds. The highest BCUT2D eigenvalue weighted by Crippen LogP contribution is 2.34. The third-order valence-electron chi connectivity index (χ3n) is 3.26. The fourth-order valence-corrected chi connectivity index (χ4v) is 3.34. The second-order valence-corrected chi connectivity index (χ2v) is 5.17. The van der Waals surface area contributed by atoms with E-state index < -0.39 is 0 Å². The van der Waals surface area contributed by atoms with Crippen molar-refractivity contribution in [3.8, 4) is 0 Å². The summed E-state index contributed by atoms with van der Waals surface area (Å²) >= 11 is 1.71. The second-order valence-electron chi connectivity index (χ2n) is 4.25. The predicted molar refractivity (Wildman–Crippen MR) is 68.7 cm³/mol. The van der Waals surface area contributed by atoms with Crippen LogP contribution in [0, 0.1) is 0 Å². The van der Waals surface area contributed by atoms with Crippen molar-refractivity contribution in [1.29, 1.82) is 0 Å². The Morgan fingerprint density at radius 2 is 2.12 bits per heavy atom. The van der Waals surface area contributed by atoms with Crippen molar-refractivity contribution in [3.05, 3.63) is 22.7 Å². The van der Waals surface area contributed by atoms with E-state index in [1.54, 1.807) is 11.3 Å². The number of anilines is 1. The number of aryl methyl sites for hydroxylation is 1. The number of nitrogen functional groups attached to an aromatic ring is 1. The third kappa shape index (κ3) is 1.49. The number of hydrogen-bond acceptors (Lipinski definition) is 4. The van der Waals surface area contributed by atoms with Gasteiger partial charge in [-0.1, -0.05) is 6.42 Å². The Labute approximate surface area is 98.7 Å². The molecular weight excluding hydrogens is 218 g/mol. The number of aromatic nitrogens is 1. The molecule has 0 atom stereocenters. The lowest BCUT2D eigenvalue weighted by Crippen LogP contribution is -2.11. The van der Waals surface area contributed by atoms with Crippen LogP contribution in [0.15, 0.2) is 11.4 Å². The predicted octanol–water partition coefficient (Wildman–Crippen LogP) is 2.85. The molecule has 0 bridgehead atoms. The van der Waals surface area contributed by atoms with Gasteiger partial charge in [-0.25, -0.2) is 0 Å². The van der Waals surface area contributed by atoms with E-state index in [1.165, 1.54) is 35.2 Å². The molecule has 0 radical (unpaired) electrons. The highest BCUT2D eigenvalue weighted by Gasteiger charge is 2.16. The van der Waals surface area contributed by atoms with Gasteiger partial charge >= 0.3 is 0 Å². The molecule has 3 nitrogen and oxygen atoms in total. The molecule has 2 aromatic heterocycles. The smallest absolute Gasteiger partial charge is 0.0834 e. The van der Waals surface area contributed by atoms with Gasteiger partial charge in [0.2, 0.25) is 0 Å². The number of rotatable bonds is 1. The number of hydrogen-bond donors (Lipinski definition) is 2. The van der Waals surface area contributed by atoms with Crippen LogP contribution < -0.4 is 11.3 Å². The Morgan fingerprint density at radius 3 is 3.00 bits per heavy atom. The average Bonchev–Trinajstić information content (AvgIpc) is 2.63. The summed E-state index contributed by atoms with van der Waals surface area (Å²) in [7, 11) is 0. The van der Waals surface area contributed by atoms with Crippen molar-refractivity contribution in [3.63, 3.8) is 0 Å². The number of nitrogens with zero attached hydrogens (tertiary/aromatic N) is 1. The lowest BCUT2D eigenvalue weighted by Gasteiger charge is -2.12. The van der Waals surface area contributed by atoms with Crippen molar-refractivity contribution in [2.24, 2.45) is 5.84 Å². The zero-order valence-electron chi connectivity index (χ0n) is 9.12. The minimum absolute atomic E-state index is 1.08. The first kappa shape index (κ1) is 10.1. The summed E-state index contributed by atoms with van der Waals surface area (Å²) in [6.45, 7) is 0. The quantitative estimate of drug-likeness (QED) is 0.452. The number of fused-ring (bicyclic) bond motifs is 2. The Bertz CT molecular complexity index is 518. The molecule has 0 unspecified atom stereocenters. The maximum atomic E-state index is 5.68. The van der Waals surface area contributed by atoms with Crippen LogP contribution in [-0.4, -0.2) is 4.98 Å². The fourth-order valence-electron chi connectivity index (χ4n) is 2.47. The Hall–Kier alpha value is -1.13. The highest BCUT2D eigenvalue weighted by atomic mass is 32.1. The van der Waals surface area contributed by atoms with Gasteiger partial charge in [-0.2, -0.15) is 0 Å². The van der Waals surface area contributed by atoms with E-state index in [-0.39, 0.29) is 0 Å². The van der Waals surface area contributed by atoms with Crippen LogP contribution in [0.2, 0.25) is 0 Å². The average molecular weight is 233 g/mol. The topological polar surface area (TPSA) is 50.9 Å². The summed E-state index contributed by atoms with van der Waals surface area (Å²) in [6, 6.07) is 2.08. The van der Waals surface area contributed by atoms with Crippen molar-refractivity contribution < 1.29 is 0 Å². The molecule has 2 aromatic rings. The summed E-state index contributed by atoms with van der Waals surface area (Å²) in [5.74, 6) is 5.68. The van der Waals surface area contributed by atoms with E-state index in [0.717, 1.165) is 24.0 Å². The summed E-state index contributed by atoms with van der Waals surface area (Å²) in [5, 5.41) is 2.08. The van der Waals surface area contributed by atoms with Crippen molar-refractivity contribution in [2.75, 3.05) is 5.43 Å². The monoisotopic (exact) mass is 233 g/mol. The van der Waals surface area contributed by atoms with Crippen LogP contribution in [0.25, 0.3) is 10.2 Å². The fraction of sp³-hybridized carbons (Fsp3) is 0.417. The van der Waals surface area contributed by atoms with Crippen molar-refractivity contribution in [2.45, 2.75) is 32.1 Å². The molecular formula is C12H15N3S. The van der Waals surface area contributed by atoms with Gasteiger partial charge in [-0.15, -0.1) is 11.3 Å². The van der Waals surface area contributed by atoms with Gasteiger partial charge in [0.1, 0.15) is 0 Å². The van der Waals surface area contributed by atoms with Gasteiger partial charge in [0.15, 0.2) is 0 Å². The molecule has 84 valence electrons. The van der Waals surface area contributed by atoms with Gasteiger partial charge in [-0.05, 0) is 42.7 Å². The number of pyridine rings is 1. The minimum Gasteiger partial charge on any atom is -0.322 e. The number of thiophene rings is 1. The first-order valence-electron chi connectivity index (χ1n) is 5.75. The SMILES string of the molecule is NNc1c2c(nc3ccsc13)CCCCC2. The Balaban J connectivity index is 2.28. The van der Waals surface area contributed by atoms with Crippen molar-refractivity contribution >= 4 is 27.2 Å². The molecule has 3 rings (SSSR count). The molecule has 3 N–H and O–H groups in total. The van der Waals surface area contributed by atoms with E-state index in [1.807, 2.05) is 0 Å². The molecule has 16 heavy (non-hydrogen) atoms. The van der Waals surface area contributed by atoms with Gasteiger partial charge in [0.25, 0.3) is 0 Å². The van der Waals surface area contributed by atoms with Gasteiger partial charge < -0.3 is 5.43 Å².